The van der Waals surface area contributed by atoms with Crippen molar-refractivity contribution in [3.05, 3.63) is 33.8 Å². The smallest absolute Gasteiger partial charge is 0.0595 e. The highest BCUT2D eigenvalue weighted by molar-refractivity contribution is 6.42. The second kappa shape index (κ2) is 6.25. The summed E-state index contributed by atoms with van der Waals surface area (Å²) in [5, 5.41) is 1.23. The first-order valence-corrected chi connectivity index (χ1v) is 8.30. The van der Waals surface area contributed by atoms with Gasteiger partial charge < -0.3 is 5.73 Å². The summed E-state index contributed by atoms with van der Waals surface area (Å²) in [4.78, 5) is 0. The predicted molar refractivity (Wildman–Crippen MR) is 88.4 cm³/mol. The van der Waals surface area contributed by atoms with Gasteiger partial charge in [-0.3, -0.25) is 0 Å². The average molecular weight is 314 g/mol. The predicted octanol–water partition coefficient (Wildman–Crippen LogP) is 5.33. The molecule has 3 unspecified atom stereocenters. The van der Waals surface area contributed by atoms with Crippen molar-refractivity contribution in [2.45, 2.75) is 52.0 Å². The molecule has 0 saturated heterocycles. The monoisotopic (exact) mass is 313 g/mol. The van der Waals surface area contributed by atoms with Gasteiger partial charge >= 0.3 is 0 Å². The van der Waals surface area contributed by atoms with Gasteiger partial charge in [0.05, 0.1) is 10.0 Å². The van der Waals surface area contributed by atoms with Crippen LogP contribution in [0.1, 0.15) is 45.6 Å². The summed E-state index contributed by atoms with van der Waals surface area (Å²) in [5.41, 5.74) is 7.91. The van der Waals surface area contributed by atoms with Crippen molar-refractivity contribution in [2.24, 2.45) is 23.5 Å². The Morgan fingerprint density at radius 3 is 2.55 bits per heavy atom. The van der Waals surface area contributed by atoms with Gasteiger partial charge in [0.2, 0.25) is 0 Å². The standard InChI is InChI=1S/C17H25Cl2N/c1-11(2)14-6-4-12(3)9-17(14,20)10-13-5-7-15(18)16(19)8-13/h5,7-8,11-12,14H,4,6,9-10,20H2,1-3H3. The minimum atomic E-state index is -0.122. The molecule has 0 radical (unpaired) electrons. The first-order valence-electron chi connectivity index (χ1n) is 7.54. The lowest BCUT2D eigenvalue weighted by Crippen LogP contribution is -2.54. The second-order valence-electron chi connectivity index (χ2n) is 6.90. The lowest BCUT2D eigenvalue weighted by molar-refractivity contribution is 0.109. The number of halogens is 2. The highest BCUT2D eigenvalue weighted by Crippen LogP contribution is 2.41. The molecule has 1 aliphatic rings. The molecule has 0 aliphatic heterocycles. The maximum Gasteiger partial charge on any atom is 0.0595 e. The topological polar surface area (TPSA) is 26.0 Å². The van der Waals surface area contributed by atoms with Crippen LogP contribution in [0.3, 0.4) is 0 Å². The van der Waals surface area contributed by atoms with Gasteiger partial charge in [0.15, 0.2) is 0 Å². The van der Waals surface area contributed by atoms with E-state index in [0.717, 1.165) is 12.8 Å². The van der Waals surface area contributed by atoms with Crippen molar-refractivity contribution >= 4 is 23.2 Å². The summed E-state index contributed by atoms with van der Waals surface area (Å²) in [6, 6.07) is 5.90. The van der Waals surface area contributed by atoms with Crippen LogP contribution in [0.5, 0.6) is 0 Å². The third-order valence-corrected chi connectivity index (χ3v) is 5.50. The fourth-order valence-electron chi connectivity index (χ4n) is 3.88. The summed E-state index contributed by atoms with van der Waals surface area (Å²) < 4.78 is 0. The third kappa shape index (κ3) is 3.50. The van der Waals surface area contributed by atoms with Crippen molar-refractivity contribution in [3.8, 4) is 0 Å². The van der Waals surface area contributed by atoms with Crippen LogP contribution in [0, 0.1) is 17.8 Å². The van der Waals surface area contributed by atoms with Crippen LogP contribution in [-0.2, 0) is 6.42 Å². The molecule has 20 heavy (non-hydrogen) atoms. The van der Waals surface area contributed by atoms with Crippen molar-refractivity contribution < 1.29 is 0 Å². The minimum Gasteiger partial charge on any atom is -0.325 e. The van der Waals surface area contributed by atoms with E-state index in [9.17, 15) is 0 Å². The Morgan fingerprint density at radius 1 is 1.25 bits per heavy atom. The summed E-state index contributed by atoms with van der Waals surface area (Å²) >= 11 is 12.1. The number of hydrogen-bond acceptors (Lipinski definition) is 1. The molecular formula is C17H25Cl2N. The molecule has 0 bridgehead atoms. The molecule has 112 valence electrons. The number of hydrogen-bond donors (Lipinski definition) is 1. The molecule has 1 saturated carbocycles. The van der Waals surface area contributed by atoms with Crippen molar-refractivity contribution in [1.29, 1.82) is 0 Å². The first-order chi connectivity index (χ1) is 9.32. The average Bonchev–Trinajstić information content (AvgIpc) is 2.32. The van der Waals surface area contributed by atoms with Crippen molar-refractivity contribution in [1.82, 2.24) is 0 Å². The largest absolute Gasteiger partial charge is 0.325 e. The molecule has 1 nitrogen and oxygen atoms in total. The first kappa shape index (κ1) is 16.1. The number of nitrogens with two attached hydrogens (primary N) is 1. The Labute approximate surface area is 132 Å². The van der Waals surface area contributed by atoms with E-state index in [4.69, 9.17) is 28.9 Å². The van der Waals surface area contributed by atoms with Crippen LogP contribution < -0.4 is 5.73 Å². The van der Waals surface area contributed by atoms with E-state index >= 15 is 0 Å². The van der Waals surface area contributed by atoms with E-state index in [2.05, 4.69) is 26.8 Å². The minimum absolute atomic E-state index is 0.122. The molecule has 0 heterocycles. The Hall–Kier alpha value is -0.240. The Balaban J connectivity index is 2.24. The Bertz CT molecular complexity index is 472. The normalized spacial score (nSPS) is 30.8. The van der Waals surface area contributed by atoms with E-state index in [0.29, 0.717) is 27.8 Å². The van der Waals surface area contributed by atoms with E-state index < -0.39 is 0 Å². The summed E-state index contributed by atoms with van der Waals surface area (Å²) in [6.07, 6.45) is 4.51. The van der Waals surface area contributed by atoms with Gasteiger partial charge in [-0.1, -0.05) is 56.5 Å². The van der Waals surface area contributed by atoms with Gasteiger partial charge in [-0.05, 0) is 54.7 Å². The van der Waals surface area contributed by atoms with Gasteiger partial charge in [0.25, 0.3) is 0 Å². The van der Waals surface area contributed by atoms with Gasteiger partial charge in [-0.15, -0.1) is 0 Å². The molecule has 0 spiro atoms. The fraction of sp³-hybridized carbons (Fsp3) is 0.647. The van der Waals surface area contributed by atoms with Crippen molar-refractivity contribution in [3.63, 3.8) is 0 Å². The zero-order valence-corrected chi connectivity index (χ0v) is 14.1. The maximum atomic E-state index is 6.84. The van der Waals surface area contributed by atoms with Crippen LogP contribution in [0.25, 0.3) is 0 Å². The summed E-state index contributed by atoms with van der Waals surface area (Å²) in [5.74, 6) is 1.90. The van der Waals surface area contributed by atoms with Crippen LogP contribution in [0.15, 0.2) is 18.2 Å². The third-order valence-electron chi connectivity index (χ3n) is 4.76. The second-order valence-corrected chi connectivity index (χ2v) is 7.71. The lowest BCUT2D eigenvalue weighted by atomic mass is 9.63. The molecule has 0 aromatic heterocycles. The fourth-order valence-corrected chi connectivity index (χ4v) is 4.20. The van der Waals surface area contributed by atoms with Crippen LogP contribution in [0.4, 0.5) is 0 Å². The number of benzene rings is 1. The van der Waals surface area contributed by atoms with Crippen molar-refractivity contribution in [2.75, 3.05) is 0 Å². The van der Waals surface area contributed by atoms with Crippen LogP contribution in [0.2, 0.25) is 10.0 Å². The molecule has 2 N–H and O–H groups in total. The van der Waals surface area contributed by atoms with E-state index in [-0.39, 0.29) is 5.54 Å². The highest BCUT2D eigenvalue weighted by atomic mass is 35.5. The summed E-state index contributed by atoms with van der Waals surface area (Å²) in [6.45, 7) is 6.89. The van der Waals surface area contributed by atoms with E-state index in [1.54, 1.807) is 0 Å². The van der Waals surface area contributed by atoms with Gasteiger partial charge in [0.1, 0.15) is 0 Å². The molecule has 1 aromatic carbocycles. The maximum absolute atomic E-state index is 6.84. The van der Waals surface area contributed by atoms with Crippen LogP contribution in [-0.4, -0.2) is 5.54 Å². The van der Waals surface area contributed by atoms with Gasteiger partial charge in [0, 0.05) is 5.54 Å². The number of rotatable bonds is 3. The quantitative estimate of drug-likeness (QED) is 0.802. The molecule has 3 heteroatoms. The molecular weight excluding hydrogens is 289 g/mol. The molecule has 2 rings (SSSR count). The SMILES string of the molecule is CC1CCC(C(C)C)C(N)(Cc2ccc(Cl)c(Cl)c2)C1. The van der Waals surface area contributed by atoms with Gasteiger partial charge in [-0.2, -0.15) is 0 Å². The molecule has 1 fully saturated rings. The Morgan fingerprint density at radius 2 is 1.95 bits per heavy atom. The van der Waals surface area contributed by atoms with E-state index in [1.807, 2.05) is 12.1 Å². The molecule has 0 amide bonds. The Kier molecular flexibility index (Phi) is 5.05. The highest BCUT2D eigenvalue weighted by Gasteiger charge is 2.41. The lowest BCUT2D eigenvalue weighted by Gasteiger charge is -2.46. The molecule has 1 aliphatic carbocycles. The van der Waals surface area contributed by atoms with E-state index in [1.165, 1.54) is 18.4 Å². The van der Waals surface area contributed by atoms with Gasteiger partial charge in [-0.25, -0.2) is 0 Å². The zero-order chi connectivity index (χ0) is 14.9. The zero-order valence-electron chi connectivity index (χ0n) is 12.6. The summed E-state index contributed by atoms with van der Waals surface area (Å²) in [7, 11) is 0. The molecule has 3 atom stereocenters. The molecule has 1 aromatic rings. The van der Waals surface area contributed by atoms with Crippen LogP contribution >= 0.6 is 23.2 Å².